The van der Waals surface area contributed by atoms with Gasteiger partial charge in [-0.2, -0.15) is 26.3 Å². The van der Waals surface area contributed by atoms with E-state index in [0.717, 1.165) is 0 Å². The summed E-state index contributed by atoms with van der Waals surface area (Å²) in [5.74, 6) is -5.81. The minimum absolute atomic E-state index is 0.217. The fourth-order valence-electron chi connectivity index (χ4n) is 1.22. The van der Waals surface area contributed by atoms with Crippen molar-refractivity contribution in [2.45, 2.75) is 44.6 Å². The highest BCUT2D eigenvalue weighted by molar-refractivity contribution is 5.82. The van der Waals surface area contributed by atoms with E-state index in [4.69, 9.17) is 4.74 Å². The van der Waals surface area contributed by atoms with E-state index in [-0.39, 0.29) is 6.42 Å². The molecule has 0 spiro atoms. The third-order valence-corrected chi connectivity index (χ3v) is 2.50. The number of carbonyl (C=O) groups is 1. The van der Waals surface area contributed by atoms with Crippen molar-refractivity contribution >= 4 is 5.78 Å². The van der Waals surface area contributed by atoms with Gasteiger partial charge in [-0.3, -0.25) is 4.79 Å². The van der Waals surface area contributed by atoms with E-state index in [1.807, 2.05) is 0 Å². The molecule has 0 aliphatic rings. The van der Waals surface area contributed by atoms with Crippen molar-refractivity contribution in [1.82, 2.24) is 0 Å². The van der Waals surface area contributed by atoms with Gasteiger partial charge in [0.2, 0.25) is 5.92 Å². The maximum absolute atomic E-state index is 12.2. The first-order chi connectivity index (χ1) is 7.81. The molecule has 0 radical (unpaired) electrons. The van der Waals surface area contributed by atoms with Crippen LogP contribution >= 0.6 is 0 Å². The number of ether oxygens (including phenoxy) is 1. The molecule has 2 nitrogen and oxygen atoms in total. The Hall–Kier alpha value is -0.790. The first kappa shape index (κ1) is 17.2. The topological polar surface area (TPSA) is 26.3 Å². The Balaban J connectivity index is 4.82. The summed E-state index contributed by atoms with van der Waals surface area (Å²) < 4.78 is 78.0. The van der Waals surface area contributed by atoms with Gasteiger partial charge < -0.3 is 4.74 Å². The van der Waals surface area contributed by atoms with E-state index in [0.29, 0.717) is 0 Å². The summed E-state index contributed by atoms with van der Waals surface area (Å²) in [7, 11) is 1.26. The van der Waals surface area contributed by atoms with E-state index in [9.17, 15) is 31.1 Å². The summed E-state index contributed by atoms with van der Waals surface area (Å²) in [6.07, 6.45) is -12.3. The number of Topliss-reactive ketones (excluding diaryl/α,β-unsaturated/α-hetero) is 1. The molecule has 0 unspecified atom stereocenters. The molecule has 18 heavy (non-hydrogen) atoms. The van der Waals surface area contributed by atoms with E-state index in [2.05, 4.69) is 0 Å². The zero-order chi connectivity index (χ0) is 14.8. The predicted octanol–water partition coefficient (Wildman–Crippen LogP) is 3.50. The molecular weight excluding hydrogens is 266 g/mol. The second kappa shape index (κ2) is 5.46. The molecule has 108 valence electrons. The van der Waals surface area contributed by atoms with Crippen LogP contribution in [0.4, 0.5) is 26.3 Å². The van der Waals surface area contributed by atoms with Crippen molar-refractivity contribution in [3.8, 4) is 0 Å². The average molecular weight is 280 g/mol. The van der Waals surface area contributed by atoms with Crippen LogP contribution in [0.5, 0.6) is 0 Å². The SMILES string of the molecule is COC(C)(C)CCC(=O)C(C(F)(F)F)C(F)(F)F. The van der Waals surface area contributed by atoms with E-state index >= 15 is 0 Å². The normalized spacial score (nSPS) is 14.1. The fourth-order valence-corrected chi connectivity index (χ4v) is 1.22. The molecule has 0 aromatic heterocycles. The lowest BCUT2D eigenvalue weighted by Crippen LogP contribution is -2.43. The standard InChI is InChI=1S/C10H14F6O2/c1-8(2,18-3)5-4-6(17)7(9(11,12)13)10(14,15)16/h7H,4-5H2,1-3H3. The Bertz CT molecular complexity index is 278. The second-order valence-corrected chi connectivity index (χ2v) is 4.45. The van der Waals surface area contributed by atoms with Gasteiger partial charge in [-0.15, -0.1) is 0 Å². The van der Waals surface area contributed by atoms with Crippen molar-refractivity contribution < 1.29 is 35.9 Å². The summed E-state index contributed by atoms with van der Waals surface area (Å²) in [6, 6.07) is 0. The summed E-state index contributed by atoms with van der Waals surface area (Å²) in [6.45, 7) is 2.94. The molecule has 0 fully saturated rings. The van der Waals surface area contributed by atoms with Crippen molar-refractivity contribution in [2.24, 2.45) is 5.92 Å². The second-order valence-electron chi connectivity index (χ2n) is 4.45. The Kier molecular flexibility index (Phi) is 5.22. The van der Waals surface area contributed by atoms with Crippen LogP contribution in [-0.4, -0.2) is 30.8 Å². The summed E-state index contributed by atoms with van der Waals surface area (Å²) in [5.41, 5.74) is -0.947. The molecule has 0 amide bonds. The Morgan fingerprint density at radius 1 is 1.06 bits per heavy atom. The molecule has 8 heteroatoms. The first-order valence-electron chi connectivity index (χ1n) is 5.02. The molecule has 0 aliphatic carbocycles. The lowest BCUT2D eigenvalue weighted by atomic mass is 9.94. The highest BCUT2D eigenvalue weighted by Gasteiger charge is 2.60. The van der Waals surface area contributed by atoms with Crippen LogP contribution in [0.25, 0.3) is 0 Å². The molecule has 0 atom stereocenters. The number of ketones is 1. The number of halogens is 6. The largest absolute Gasteiger partial charge is 0.407 e. The van der Waals surface area contributed by atoms with Gasteiger partial charge in [0, 0.05) is 13.5 Å². The lowest BCUT2D eigenvalue weighted by Gasteiger charge is -2.25. The van der Waals surface area contributed by atoms with Crippen molar-refractivity contribution in [3.63, 3.8) is 0 Å². The molecule has 0 aromatic rings. The van der Waals surface area contributed by atoms with E-state index < -0.39 is 36.1 Å². The van der Waals surface area contributed by atoms with Crippen LogP contribution in [0.3, 0.4) is 0 Å². The Morgan fingerprint density at radius 2 is 1.44 bits per heavy atom. The summed E-state index contributed by atoms with van der Waals surface area (Å²) in [4.78, 5) is 11.1. The highest BCUT2D eigenvalue weighted by Crippen LogP contribution is 2.40. The number of carbonyl (C=O) groups excluding carboxylic acids is 1. The van der Waals surface area contributed by atoms with Gasteiger partial charge in [0.05, 0.1) is 5.60 Å². The summed E-state index contributed by atoms with van der Waals surface area (Å²) in [5, 5.41) is 0. The van der Waals surface area contributed by atoms with Gasteiger partial charge in [-0.1, -0.05) is 0 Å². The first-order valence-corrected chi connectivity index (χ1v) is 5.02. The van der Waals surface area contributed by atoms with Crippen LogP contribution in [0.1, 0.15) is 26.7 Å². The minimum Gasteiger partial charge on any atom is -0.379 e. The van der Waals surface area contributed by atoms with Crippen molar-refractivity contribution in [2.75, 3.05) is 7.11 Å². The predicted molar refractivity (Wildman–Crippen MR) is 50.9 cm³/mol. The van der Waals surface area contributed by atoms with Crippen LogP contribution < -0.4 is 0 Å². The Labute approximate surface area is 100 Å². The van der Waals surface area contributed by atoms with Crippen molar-refractivity contribution in [3.05, 3.63) is 0 Å². The number of methoxy groups -OCH3 is 1. The van der Waals surface area contributed by atoms with Gasteiger partial charge in [-0.25, -0.2) is 0 Å². The number of hydrogen-bond acceptors (Lipinski definition) is 2. The molecule has 0 aromatic carbocycles. The quantitative estimate of drug-likeness (QED) is 0.720. The van der Waals surface area contributed by atoms with Gasteiger partial charge in [0.15, 0.2) is 5.78 Å². The minimum atomic E-state index is -5.62. The number of hydrogen-bond donors (Lipinski definition) is 0. The average Bonchev–Trinajstić information content (AvgIpc) is 2.10. The van der Waals surface area contributed by atoms with Gasteiger partial charge >= 0.3 is 12.4 Å². The molecule has 0 saturated heterocycles. The number of alkyl halides is 6. The van der Waals surface area contributed by atoms with Gasteiger partial charge in [0.1, 0.15) is 0 Å². The van der Waals surface area contributed by atoms with E-state index in [1.54, 1.807) is 0 Å². The molecule has 0 bridgehead atoms. The van der Waals surface area contributed by atoms with Crippen LogP contribution in [0, 0.1) is 5.92 Å². The maximum Gasteiger partial charge on any atom is 0.407 e. The van der Waals surface area contributed by atoms with Crippen molar-refractivity contribution in [1.29, 1.82) is 0 Å². The molecule has 0 saturated carbocycles. The zero-order valence-corrected chi connectivity index (χ0v) is 10.1. The third kappa shape index (κ3) is 5.24. The monoisotopic (exact) mass is 280 g/mol. The fraction of sp³-hybridized carbons (Fsp3) is 0.900. The molecule has 0 aliphatic heterocycles. The van der Waals surface area contributed by atoms with Crippen LogP contribution in [-0.2, 0) is 9.53 Å². The maximum atomic E-state index is 12.2. The number of rotatable bonds is 5. The summed E-state index contributed by atoms with van der Waals surface area (Å²) >= 11 is 0. The van der Waals surface area contributed by atoms with E-state index in [1.165, 1.54) is 21.0 Å². The van der Waals surface area contributed by atoms with Crippen LogP contribution in [0.15, 0.2) is 0 Å². The molecule has 0 heterocycles. The van der Waals surface area contributed by atoms with Gasteiger partial charge in [-0.05, 0) is 20.3 Å². The molecule has 0 N–H and O–H groups in total. The third-order valence-electron chi connectivity index (χ3n) is 2.50. The van der Waals surface area contributed by atoms with Crippen LogP contribution in [0.2, 0.25) is 0 Å². The molecule has 0 rings (SSSR count). The zero-order valence-electron chi connectivity index (χ0n) is 10.1. The Morgan fingerprint density at radius 3 is 1.72 bits per heavy atom. The molecular formula is C10H14F6O2. The lowest BCUT2D eigenvalue weighted by molar-refractivity contribution is -0.273. The smallest absolute Gasteiger partial charge is 0.379 e. The van der Waals surface area contributed by atoms with Gasteiger partial charge in [0.25, 0.3) is 0 Å². The highest BCUT2D eigenvalue weighted by atomic mass is 19.4.